The van der Waals surface area contributed by atoms with E-state index in [1.807, 2.05) is 55.5 Å². The molecule has 4 nitrogen and oxygen atoms in total. The van der Waals surface area contributed by atoms with Crippen LogP contribution in [0.25, 0.3) is 0 Å². The fourth-order valence-corrected chi connectivity index (χ4v) is 1.97. The molecule has 2 aromatic rings. The van der Waals surface area contributed by atoms with Crippen LogP contribution in [0.1, 0.15) is 17.5 Å². The Morgan fingerprint density at radius 2 is 2.00 bits per heavy atom. The number of aryl methyl sites for hydroxylation is 1. The smallest absolute Gasteiger partial charge is 0.227 e. The number of para-hydroxylation sites is 1. The van der Waals surface area contributed by atoms with E-state index < -0.39 is 0 Å². The van der Waals surface area contributed by atoms with Gasteiger partial charge in [-0.2, -0.15) is 0 Å². The first-order valence-corrected chi connectivity index (χ1v) is 6.96. The summed E-state index contributed by atoms with van der Waals surface area (Å²) < 4.78 is 5.61. The molecule has 0 aliphatic carbocycles. The average Bonchev–Trinajstić information content (AvgIpc) is 2.49. The number of hydrogen-bond acceptors (Lipinski definition) is 3. The van der Waals surface area contributed by atoms with E-state index in [2.05, 4.69) is 5.32 Å². The number of carbonyl (C=O) groups excluding carboxylic acids is 1. The molecule has 0 aliphatic rings. The molecule has 21 heavy (non-hydrogen) atoms. The lowest BCUT2D eigenvalue weighted by Gasteiger charge is -2.09. The van der Waals surface area contributed by atoms with Crippen molar-refractivity contribution >= 4 is 11.6 Å². The van der Waals surface area contributed by atoms with Gasteiger partial charge in [0.05, 0.1) is 13.0 Å². The lowest BCUT2D eigenvalue weighted by Crippen LogP contribution is -2.15. The maximum absolute atomic E-state index is 11.9. The van der Waals surface area contributed by atoms with Crippen molar-refractivity contribution in [1.29, 1.82) is 0 Å². The second-order valence-electron chi connectivity index (χ2n) is 4.82. The zero-order valence-corrected chi connectivity index (χ0v) is 12.1. The molecule has 0 aliphatic heterocycles. The van der Waals surface area contributed by atoms with E-state index in [0.29, 0.717) is 19.6 Å². The summed E-state index contributed by atoms with van der Waals surface area (Å²) in [6, 6.07) is 15.3. The Kier molecular flexibility index (Phi) is 5.35. The van der Waals surface area contributed by atoms with Crippen LogP contribution < -0.4 is 15.8 Å². The largest absolute Gasteiger partial charge is 0.493 e. The van der Waals surface area contributed by atoms with E-state index in [4.69, 9.17) is 10.5 Å². The van der Waals surface area contributed by atoms with E-state index in [9.17, 15) is 4.79 Å². The van der Waals surface area contributed by atoms with Gasteiger partial charge in [0.2, 0.25) is 5.91 Å². The first-order chi connectivity index (χ1) is 10.2. The number of amides is 1. The molecule has 0 saturated carbocycles. The third kappa shape index (κ3) is 4.61. The van der Waals surface area contributed by atoms with Crippen molar-refractivity contribution in [2.75, 3.05) is 11.9 Å². The van der Waals surface area contributed by atoms with Crippen molar-refractivity contribution in [1.82, 2.24) is 0 Å². The fraction of sp³-hybridized carbons (Fsp3) is 0.235. The van der Waals surface area contributed by atoms with Crippen LogP contribution in [-0.2, 0) is 11.3 Å². The predicted octanol–water partition coefficient (Wildman–Crippen LogP) is 2.86. The zero-order valence-electron chi connectivity index (χ0n) is 12.1. The molecular weight excluding hydrogens is 264 g/mol. The van der Waals surface area contributed by atoms with E-state index in [0.717, 1.165) is 22.6 Å². The molecule has 0 radical (unpaired) electrons. The molecular formula is C17H20N2O2. The van der Waals surface area contributed by atoms with Crippen LogP contribution in [0.5, 0.6) is 5.75 Å². The Balaban J connectivity index is 1.81. The van der Waals surface area contributed by atoms with Crippen LogP contribution in [0, 0.1) is 6.92 Å². The lowest BCUT2D eigenvalue weighted by atomic mass is 10.2. The summed E-state index contributed by atoms with van der Waals surface area (Å²) in [5.41, 5.74) is 8.39. The number of nitrogens with two attached hydrogens (primary N) is 1. The van der Waals surface area contributed by atoms with Gasteiger partial charge in [0.25, 0.3) is 0 Å². The lowest BCUT2D eigenvalue weighted by molar-refractivity contribution is -0.116. The topological polar surface area (TPSA) is 64.3 Å². The summed E-state index contributed by atoms with van der Waals surface area (Å²) in [7, 11) is 0. The Bertz CT molecular complexity index is 611. The average molecular weight is 284 g/mol. The molecule has 0 bridgehead atoms. The molecule has 0 aromatic heterocycles. The van der Waals surface area contributed by atoms with Crippen LogP contribution in [0.3, 0.4) is 0 Å². The van der Waals surface area contributed by atoms with E-state index >= 15 is 0 Å². The standard InChI is InChI=1S/C17H20N2O2/c1-13-5-2-3-8-16(13)21-10-9-17(20)19-15-7-4-6-14(11-15)12-18/h2-8,11H,9-10,12,18H2,1H3,(H,19,20). The van der Waals surface area contributed by atoms with Gasteiger partial charge in [-0.05, 0) is 36.2 Å². The van der Waals surface area contributed by atoms with E-state index in [1.165, 1.54) is 0 Å². The second kappa shape index (κ2) is 7.45. The van der Waals surface area contributed by atoms with E-state index in [1.54, 1.807) is 0 Å². The highest BCUT2D eigenvalue weighted by Crippen LogP contribution is 2.16. The van der Waals surface area contributed by atoms with Gasteiger partial charge >= 0.3 is 0 Å². The molecule has 4 heteroatoms. The molecule has 1 amide bonds. The molecule has 0 unspecified atom stereocenters. The quantitative estimate of drug-likeness (QED) is 0.857. The molecule has 110 valence electrons. The highest BCUT2D eigenvalue weighted by Gasteiger charge is 2.04. The number of carbonyl (C=O) groups is 1. The van der Waals surface area contributed by atoms with Crippen LogP contribution in [0.2, 0.25) is 0 Å². The number of nitrogens with one attached hydrogen (secondary N) is 1. The summed E-state index contributed by atoms with van der Waals surface area (Å²) in [4.78, 5) is 11.9. The van der Waals surface area contributed by atoms with Crippen molar-refractivity contribution in [3.63, 3.8) is 0 Å². The van der Waals surface area contributed by atoms with Crippen molar-refractivity contribution in [2.24, 2.45) is 5.73 Å². The molecule has 0 atom stereocenters. The summed E-state index contributed by atoms with van der Waals surface area (Å²) >= 11 is 0. The van der Waals surface area contributed by atoms with Crippen molar-refractivity contribution in [3.8, 4) is 5.75 Å². The summed E-state index contributed by atoms with van der Waals surface area (Å²) in [6.07, 6.45) is 0.307. The number of hydrogen-bond donors (Lipinski definition) is 2. The molecule has 0 saturated heterocycles. The number of anilines is 1. The highest BCUT2D eigenvalue weighted by atomic mass is 16.5. The SMILES string of the molecule is Cc1ccccc1OCCC(=O)Nc1cccc(CN)c1. The van der Waals surface area contributed by atoms with Crippen molar-refractivity contribution < 1.29 is 9.53 Å². The minimum Gasteiger partial charge on any atom is -0.493 e. The van der Waals surface area contributed by atoms with E-state index in [-0.39, 0.29) is 5.91 Å². The van der Waals surface area contributed by atoms with Crippen molar-refractivity contribution in [2.45, 2.75) is 19.9 Å². The summed E-state index contributed by atoms with van der Waals surface area (Å²) in [5.74, 6) is 0.744. The van der Waals surface area contributed by atoms with Crippen molar-refractivity contribution in [3.05, 3.63) is 59.7 Å². The molecule has 0 fully saturated rings. The molecule has 3 N–H and O–H groups in total. The number of benzene rings is 2. The predicted molar refractivity (Wildman–Crippen MR) is 84.3 cm³/mol. The van der Waals surface area contributed by atoms with Crippen LogP contribution in [0.4, 0.5) is 5.69 Å². The van der Waals surface area contributed by atoms with Crippen LogP contribution in [0.15, 0.2) is 48.5 Å². The van der Waals surface area contributed by atoms with Crippen LogP contribution >= 0.6 is 0 Å². The van der Waals surface area contributed by atoms with Gasteiger partial charge in [-0.1, -0.05) is 30.3 Å². The van der Waals surface area contributed by atoms with Gasteiger partial charge in [-0.25, -0.2) is 0 Å². The highest BCUT2D eigenvalue weighted by molar-refractivity contribution is 5.90. The second-order valence-corrected chi connectivity index (χ2v) is 4.82. The molecule has 0 heterocycles. The Hall–Kier alpha value is -2.33. The molecule has 2 aromatic carbocycles. The molecule has 0 spiro atoms. The first kappa shape index (κ1) is 15.1. The fourth-order valence-electron chi connectivity index (χ4n) is 1.97. The monoisotopic (exact) mass is 284 g/mol. The Labute approximate surface area is 124 Å². The summed E-state index contributed by atoms with van der Waals surface area (Å²) in [5, 5.41) is 2.84. The maximum atomic E-state index is 11.9. The Morgan fingerprint density at radius 1 is 1.19 bits per heavy atom. The van der Waals surface area contributed by atoms with Gasteiger partial charge in [0.15, 0.2) is 0 Å². The van der Waals surface area contributed by atoms with Gasteiger partial charge in [-0.15, -0.1) is 0 Å². The molecule has 2 rings (SSSR count). The van der Waals surface area contributed by atoms with Gasteiger partial charge in [0, 0.05) is 12.2 Å². The van der Waals surface area contributed by atoms with Gasteiger partial charge in [-0.3, -0.25) is 4.79 Å². The minimum absolute atomic E-state index is 0.0715. The van der Waals surface area contributed by atoms with Gasteiger partial charge in [0.1, 0.15) is 5.75 Å². The maximum Gasteiger partial charge on any atom is 0.227 e. The number of ether oxygens (including phenoxy) is 1. The third-order valence-electron chi connectivity index (χ3n) is 3.13. The van der Waals surface area contributed by atoms with Crippen LogP contribution in [-0.4, -0.2) is 12.5 Å². The zero-order chi connectivity index (χ0) is 15.1. The minimum atomic E-state index is -0.0715. The third-order valence-corrected chi connectivity index (χ3v) is 3.13. The normalized spacial score (nSPS) is 10.2. The number of rotatable bonds is 6. The Morgan fingerprint density at radius 3 is 2.76 bits per heavy atom. The summed E-state index contributed by atoms with van der Waals surface area (Å²) in [6.45, 7) is 2.79. The first-order valence-electron chi connectivity index (χ1n) is 6.96. The van der Waals surface area contributed by atoms with Gasteiger partial charge < -0.3 is 15.8 Å².